The van der Waals surface area contributed by atoms with E-state index in [9.17, 15) is 0 Å². The molecule has 108 valence electrons. The molecule has 0 N–H and O–H groups in total. The summed E-state index contributed by atoms with van der Waals surface area (Å²) in [5, 5.41) is 0. The van der Waals surface area contributed by atoms with Gasteiger partial charge in [-0.2, -0.15) is 0 Å². The Hall–Kier alpha value is 0.540. The minimum Gasteiger partial charge on any atom is -0.366 e. The van der Waals surface area contributed by atoms with E-state index >= 15 is 0 Å². The van der Waals surface area contributed by atoms with Crippen LogP contribution in [-0.2, 0) is 4.74 Å². The summed E-state index contributed by atoms with van der Waals surface area (Å²) in [5.41, 5.74) is 0.579. The van der Waals surface area contributed by atoms with E-state index in [0.29, 0.717) is 12.0 Å². The topological polar surface area (TPSA) is 12.5 Å². The lowest BCUT2D eigenvalue weighted by Gasteiger charge is -2.43. The van der Waals surface area contributed by atoms with Gasteiger partial charge in [-0.25, -0.2) is 0 Å². The van der Waals surface area contributed by atoms with E-state index in [0.717, 1.165) is 12.8 Å². The number of rotatable bonds is 0. The highest BCUT2D eigenvalue weighted by atomic mass is 35.5. The quantitative estimate of drug-likeness (QED) is 0.456. The zero-order chi connectivity index (χ0) is 13.9. The maximum absolute atomic E-state index is 6.86. The van der Waals surface area contributed by atoms with Gasteiger partial charge < -0.3 is 4.74 Å². The van der Waals surface area contributed by atoms with Crippen molar-refractivity contribution in [3.63, 3.8) is 0 Å². The number of hydrogen-bond donors (Lipinski definition) is 0. The molecule has 4 fully saturated rings. The van der Waals surface area contributed by atoms with Crippen LogP contribution in [0.1, 0.15) is 59.8 Å². The molecule has 0 unspecified atom stereocenters. The third kappa shape index (κ3) is 1.18. The minimum absolute atomic E-state index is 0.0871. The van der Waals surface area contributed by atoms with E-state index in [1.807, 2.05) is 0 Å². The molecule has 0 amide bonds. The molecule has 1 aliphatic heterocycles. The van der Waals surface area contributed by atoms with Crippen molar-refractivity contribution in [1.29, 1.82) is 0 Å². The molecular formula is C16H24Cl2O. The maximum Gasteiger partial charge on any atom is 0.130 e. The standard InChI is InChI=1S/C16H24Cl2O/c1-12(2)6-5-7-14(4)15(16(14,17)18)9-8-13(3)11(19-13)10(12)15/h10-11H,5-9H2,1-4H3/t10-,11-,13+,14-,15+/m1/s1. The number of ether oxygens (including phenoxy) is 1. The van der Waals surface area contributed by atoms with E-state index in [-0.39, 0.29) is 21.8 Å². The third-order valence-corrected chi connectivity index (χ3v) is 8.81. The fourth-order valence-electron chi connectivity index (χ4n) is 6.01. The summed E-state index contributed by atoms with van der Waals surface area (Å²) in [6.07, 6.45) is 6.33. The predicted molar refractivity (Wildman–Crippen MR) is 78.6 cm³/mol. The Morgan fingerprint density at radius 1 is 0.947 bits per heavy atom. The summed E-state index contributed by atoms with van der Waals surface area (Å²) in [4.78, 5) is 0. The van der Waals surface area contributed by atoms with Gasteiger partial charge in [-0.05, 0) is 38.0 Å². The van der Waals surface area contributed by atoms with E-state index in [4.69, 9.17) is 27.9 Å². The van der Waals surface area contributed by atoms with Crippen molar-refractivity contribution < 1.29 is 4.74 Å². The number of hydrogen-bond acceptors (Lipinski definition) is 1. The first-order valence-electron chi connectivity index (χ1n) is 7.68. The molecular weight excluding hydrogens is 279 g/mol. The zero-order valence-electron chi connectivity index (χ0n) is 12.4. The van der Waals surface area contributed by atoms with E-state index in [2.05, 4.69) is 27.7 Å². The second-order valence-electron chi connectivity index (χ2n) is 8.55. The number of halogens is 2. The largest absolute Gasteiger partial charge is 0.366 e. The number of epoxide rings is 1. The maximum atomic E-state index is 6.86. The lowest BCUT2D eigenvalue weighted by Crippen LogP contribution is -2.44. The lowest BCUT2D eigenvalue weighted by atomic mass is 9.59. The van der Waals surface area contributed by atoms with Crippen LogP contribution in [0.3, 0.4) is 0 Å². The first kappa shape index (κ1) is 13.2. The molecule has 5 atom stereocenters. The molecule has 0 radical (unpaired) electrons. The molecule has 4 rings (SSSR count). The van der Waals surface area contributed by atoms with Crippen molar-refractivity contribution in [1.82, 2.24) is 0 Å². The number of alkyl halides is 2. The summed E-state index contributed by atoms with van der Waals surface area (Å²) < 4.78 is 5.59. The van der Waals surface area contributed by atoms with Crippen molar-refractivity contribution >= 4 is 23.2 Å². The Labute approximate surface area is 126 Å². The van der Waals surface area contributed by atoms with Gasteiger partial charge >= 0.3 is 0 Å². The highest BCUT2D eigenvalue weighted by Crippen LogP contribution is 2.89. The van der Waals surface area contributed by atoms with Crippen LogP contribution >= 0.6 is 23.2 Å². The van der Waals surface area contributed by atoms with Crippen molar-refractivity contribution in [3.05, 3.63) is 0 Å². The molecule has 1 nitrogen and oxygen atoms in total. The van der Waals surface area contributed by atoms with Crippen molar-refractivity contribution in [3.8, 4) is 0 Å². The summed E-state index contributed by atoms with van der Waals surface area (Å²) in [6.45, 7) is 9.41. The molecule has 1 heterocycles. The van der Waals surface area contributed by atoms with Crippen LogP contribution in [0.15, 0.2) is 0 Å². The van der Waals surface area contributed by atoms with Crippen LogP contribution in [-0.4, -0.2) is 16.0 Å². The van der Waals surface area contributed by atoms with Gasteiger partial charge in [0.2, 0.25) is 0 Å². The molecule has 0 aromatic rings. The van der Waals surface area contributed by atoms with Gasteiger partial charge in [0, 0.05) is 16.7 Å². The summed E-state index contributed by atoms with van der Waals surface area (Å²) in [6, 6.07) is 0. The first-order valence-corrected chi connectivity index (χ1v) is 8.44. The Kier molecular flexibility index (Phi) is 2.19. The average Bonchev–Trinajstić information content (AvgIpc) is 3.06. The summed E-state index contributed by atoms with van der Waals surface area (Å²) >= 11 is 13.7. The molecule has 1 spiro atoms. The monoisotopic (exact) mass is 302 g/mol. The van der Waals surface area contributed by atoms with Gasteiger partial charge in [0.15, 0.2) is 0 Å². The van der Waals surface area contributed by atoms with Crippen LogP contribution in [0, 0.1) is 22.2 Å². The van der Waals surface area contributed by atoms with Crippen molar-refractivity contribution in [2.45, 2.75) is 75.8 Å². The normalized spacial score (nSPS) is 60.3. The van der Waals surface area contributed by atoms with Gasteiger partial charge in [-0.1, -0.05) is 27.2 Å². The van der Waals surface area contributed by atoms with Gasteiger partial charge in [-0.3, -0.25) is 0 Å². The first-order chi connectivity index (χ1) is 8.63. The van der Waals surface area contributed by atoms with Gasteiger partial charge in [0.25, 0.3) is 0 Å². The molecule has 1 saturated heterocycles. The molecule has 3 saturated carbocycles. The van der Waals surface area contributed by atoms with Gasteiger partial charge in [-0.15, -0.1) is 23.2 Å². The van der Waals surface area contributed by atoms with Crippen LogP contribution in [0.5, 0.6) is 0 Å². The second kappa shape index (κ2) is 3.15. The Morgan fingerprint density at radius 3 is 2.32 bits per heavy atom. The van der Waals surface area contributed by atoms with Crippen LogP contribution < -0.4 is 0 Å². The summed E-state index contributed by atoms with van der Waals surface area (Å²) in [7, 11) is 0. The fourth-order valence-corrected chi connectivity index (χ4v) is 7.28. The molecule has 0 aromatic carbocycles. The van der Waals surface area contributed by atoms with E-state index in [1.54, 1.807) is 0 Å². The SMILES string of the molecule is CC1(C)CCC[C@@]2(C)C(Cl)(Cl)[C@]23CC[C@]2(C)O[C@@H]2[C@H]13. The molecule has 0 bridgehead atoms. The molecule has 4 aliphatic rings. The van der Waals surface area contributed by atoms with Crippen LogP contribution in [0.2, 0.25) is 0 Å². The zero-order valence-corrected chi connectivity index (χ0v) is 13.9. The van der Waals surface area contributed by atoms with Gasteiger partial charge in [0.05, 0.1) is 11.7 Å². The summed E-state index contributed by atoms with van der Waals surface area (Å²) in [5.74, 6) is 0.515. The fraction of sp³-hybridized carbons (Fsp3) is 1.00. The van der Waals surface area contributed by atoms with Crippen LogP contribution in [0.4, 0.5) is 0 Å². The van der Waals surface area contributed by atoms with Crippen molar-refractivity contribution in [2.75, 3.05) is 0 Å². The smallest absolute Gasteiger partial charge is 0.130 e. The van der Waals surface area contributed by atoms with Gasteiger partial charge in [0.1, 0.15) is 4.33 Å². The minimum atomic E-state index is -0.546. The van der Waals surface area contributed by atoms with Crippen LogP contribution in [0.25, 0.3) is 0 Å². The molecule has 19 heavy (non-hydrogen) atoms. The molecule has 0 aromatic heterocycles. The molecule has 3 aliphatic carbocycles. The highest BCUT2D eigenvalue weighted by Gasteiger charge is 2.90. The Balaban J connectivity index is 1.86. The van der Waals surface area contributed by atoms with Crippen molar-refractivity contribution in [2.24, 2.45) is 22.2 Å². The second-order valence-corrected chi connectivity index (χ2v) is 9.88. The Bertz CT molecular complexity index is 460. The van der Waals surface area contributed by atoms with E-state index in [1.165, 1.54) is 19.3 Å². The Morgan fingerprint density at radius 2 is 1.63 bits per heavy atom. The average molecular weight is 303 g/mol. The number of fused-ring (bicyclic) bond motifs is 2. The van der Waals surface area contributed by atoms with E-state index < -0.39 is 4.33 Å². The predicted octanol–water partition coefficient (Wildman–Crippen LogP) is 4.94. The third-order valence-electron chi connectivity index (χ3n) is 7.31. The molecule has 3 heteroatoms. The lowest BCUT2D eigenvalue weighted by molar-refractivity contribution is 0.0569. The highest BCUT2D eigenvalue weighted by molar-refractivity contribution is 6.52.